The topological polar surface area (TPSA) is 78.4 Å². The lowest BCUT2D eigenvalue weighted by atomic mass is 9.74. The van der Waals surface area contributed by atoms with Crippen molar-refractivity contribution in [2.45, 2.75) is 68.1 Å². The summed E-state index contributed by atoms with van der Waals surface area (Å²) in [6.45, 7) is 0.670. The number of thioether (sulfide) groups is 1. The summed E-state index contributed by atoms with van der Waals surface area (Å²) in [5, 5.41) is 14.8. The third kappa shape index (κ3) is 4.28. The van der Waals surface area contributed by atoms with Crippen molar-refractivity contribution in [3.8, 4) is 0 Å². The van der Waals surface area contributed by atoms with Crippen molar-refractivity contribution >= 4 is 23.8 Å². The van der Waals surface area contributed by atoms with Gasteiger partial charge in [-0.1, -0.05) is 19.3 Å². The molecule has 21 heavy (non-hydrogen) atoms. The van der Waals surface area contributed by atoms with Crippen LogP contribution in [0.3, 0.4) is 0 Å². The van der Waals surface area contributed by atoms with Crippen LogP contribution in [0, 0.1) is 0 Å². The molecule has 0 saturated heterocycles. The number of carbonyl (C=O) groups is 2. The predicted octanol–water partition coefficient (Wildman–Crippen LogP) is 2.75. The molecule has 2 saturated carbocycles. The highest BCUT2D eigenvalue weighted by Crippen LogP contribution is 2.38. The van der Waals surface area contributed by atoms with Gasteiger partial charge in [0.2, 0.25) is 0 Å². The highest BCUT2D eigenvalue weighted by atomic mass is 32.2. The number of amides is 2. The van der Waals surface area contributed by atoms with Gasteiger partial charge in [0.15, 0.2) is 0 Å². The number of nitrogens with one attached hydrogen (secondary N) is 2. The third-order valence-corrected chi connectivity index (χ3v) is 6.37. The molecule has 6 heteroatoms. The second-order valence-electron chi connectivity index (χ2n) is 6.46. The van der Waals surface area contributed by atoms with E-state index in [0.717, 1.165) is 32.1 Å². The molecule has 2 fully saturated rings. The molecule has 2 amide bonds. The Morgan fingerprint density at radius 3 is 2.24 bits per heavy atom. The average Bonchev–Trinajstić information content (AvgIpc) is 2.43. The smallest absolute Gasteiger partial charge is 0.315 e. The van der Waals surface area contributed by atoms with Gasteiger partial charge in [-0.15, -0.1) is 0 Å². The Morgan fingerprint density at radius 2 is 1.76 bits per heavy atom. The minimum Gasteiger partial charge on any atom is -0.481 e. The van der Waals surface area contributed by atoms with Gasteiger partial charge < -0.3 is 15.7 Å². The van der Waals surface area contributed by atoms with Crippen LogP contribution < -0.4 is 10.6 Å². The maximum Gasteiger partial charge on any atom is 0.315 e. The van der Waals surface area contributed by atoms with E-state index in [4.69, 9.17) is 5.11 Å². The number of urea groups is 1. The lowest BCUT2D eigenvalue weighted by molar-refractivity contribution is -0.139. The average molecular weight is 314 g/mol. The lowest BCUT2D eigenvalue weighted by Gasteiger charge is -2.42. The first-order chi connectivity index (χ1) is 9.99. The molecule has 2 aliphatic rings. The van der Waals surface area contributed by atoms with Crippen LogP contribution in [-0.2, 0) is 4.79 Å². The quantitative estimate of drug-likeness (QED) is 0.704. The molecule has 0 heterocycles. The molecule has 0 aromatic carbocycles. The maximum absolute atomic E-state index is 12.1. The Labute approximate surface area is 130 Å². The standard InChI is InChI=1S/C15H26N2O3S/c1-21-15(8-3-2-4-9-15)11-16-13(20)17-14(6-5-7-14)10-12(18)19/h2-11H2,1H3,(H,18,19)(H2,16,17,20). The summed E-state index contributed by atoms with van der Waals surface area (Å²) in [7, 11) is 0. The van der Waals surface area contributed by atoms with E-state index in [1.807, 2.05) is 11.8 Å². The van der Waals surface area contributed by atoms with Crippen LogP contribution in [0.4, 0.5) is 4.79 Å². The Morgan fingerprint density at radius 1 is 1.10 bits per heavy atom. The van der Waals surface area contributed by atoms with Gasteiger partial charge in [-0.3, -0.25) is 4.79 Å². The number of rotatable bonds is 6. The lowest BCUT2D eigenvalue weighted by Crippen LogP contribution is -2.58. The zero-order chi connectivity index (χ0) is 15.3. The fourth-order valence-electron chi connectivity index (χ4n) is 3.41. The molecule has 2 aliphatic carbocycles. The van der Waals surface area contributed by atoms with Crippen molar-refractivity contribution in [2.75, 3.05) is 12.8 Å². The van der Waals surface area contributed by atoms with Crippen molar-refractivity contribution < 1.29 is 14.7 Å². The summed E-state index contributed by atoms with van der Waals surface area (Å²) in [5.41, 5.74) is -0.519. The minimum atomic E-state index is -0.845. The van der Waals surface area contributed by atoms with Crippen molar-refractivity contribution in [1.82, 2.24) is 10.6 Å². The number of hydrogen-bond donors (Lipinski definition) is 3. The van der Waals surface area contributed by atoms with Crippen molar-refractivity contribution in [2.24, 2.45) is 0 Å². The molecule has 0 aromatic rings. The Hall–Kier alpha value is -0.910. The Bertz CT molecular complexity index is 390. The van der Waals surface area contributed by atoms with E-state index in [0.29, 0.717) is 6.54 Å². The maximum atomic E-state index is 12.1. The molecule has 0 bridgehead atoms. The van der Waals surface area contributed by atoms with E-state index in [9.17, 15) is 9.59 Å². The van der Waals surface area contributed by atoms with Crippen LogP contribution in [0.25, 0.3) is 0 Å². The van der Waals surface area contributed by atoms with Crippen LogP contribution in [0.1, 0.15) is 57.8 Å². The summed E-state index contributed by atoms with van der Waals surface area (Å²) in [4.78, 5) is 23.0. The van der Waals surface area contributed by atoms with Gasteiger partial charge in [0, 0.05) is 11.3 Å². The monoisotopic (exact) mass is 314 g/mol. The molecule has 0 atom stereocenters. The highest BCUT2D eigenvalue weighted by molar-refractivity contribution is 8.00. The predicted molar refractivity (Wildman–Crippen MR) is 84.7 cm³/mol. The summed E-state index contributed by atoms with van der Waals surface area (Å²) in [6, 6.07) is -0.213. The zero-order valence-corrected chi connectivity index (χ0v) is 13.6. The largest absolute Gasteiger partial charge is 0.481 e. The molecule has 0 aromatic heterocycles. The van der Waals surface area contributed by atoms with Crippen molar-refractivity contribution in [1.29, 1.82) is 0 Å². The first kappa shape index (κ1) is 16.5. The van der Waals surface area contributed by atoms with E-state index in [2.05, 4.69) is 16.9 Å². The highest BCUT2D eigenvalue weighted by Gasteiger charge is 2.40. The molecular weight excluding hydrogens is 288 g/mol. The van der Waals surface area contributed by atoms with Gasteiger partial charge in [-0.2, -0.15) is 11.8 Å². The van der Waals surface area contributed by atoms with Crippen LogP contribution in [0.5, 0.6) is 0 Å². The zero-order valence-electron chi connectivity index (χ0n) is 12.7. The first-order valence-corrected chi connectivity index (χ1v) is 9.05. The van der Waals surface area contributed by atoms with E-state index in [1.165, 1.54) is 19.3 Å². The van der Waals surface area contributed by atoms with Crippen LogP contribution in [-0.4, -0.2) is 40.2 Å². The van der Waals surface area contributed by atoms with Gasteiger partial charge in [0.1, 0.15) is 0 Å². The number of carboxylic acid groups (broad SMARTS) is 1. The third-order valence-electron chi connectivity index (χ3n) is 4.95. The summed E-state index contributed by atoms with van der Waals surface area (Å²) >= 11 is 1.85. The molecule has 2 rings (SSSR count). The molecular formula is C15H26N2O3S. The molecule has 0 unspecified atom stereocenters. The molecule has 0 aliphatic heterocycles. The van der Waals surface area contributed by atoms with E-state index >= 15 is 0 Å². The molecule has 3 N–H and O–H groups in total. The Balaban J connectivity index is 1.82. The van der Waals surface area contributed by atoms with Gasteiger partial charge in [-0.25, -0.2) is 4.79 Å². The molecule has 0 radical (unpaired) electrons. The number of carboxylic acids is 1. The van der Waals surface area contributed by atoms with E-state index < -0.39 is 11.5 Å². The van der Waals surface area contributed by atoms with Gasteiger partial charge >= 0.3 is 12.0 Å². The molecule has 5 nitrogen and oxygen atoms in total. The van der Waals surface area contributed by atoms with Crippen molar-refractivity contribution in [3.05, 3.63) is 0 Å². The normalized spacial score (nSPS) is 22.9. The van der Waals surface area contributed by atoms with E-state index in [-0.39, 0.29) is 17.2 Å². The number of carbonyl (C=O) groups excluding carboxylic acids is 1. The van der Waals surface area contributed by atoms with E-state index in [1.54, 1.807) is 0 Å². The van der Waals surface area contributed by atoms with Gasteiger partial charge in [0.25, 0.3) is 0 Å². The SMILES string of the molecule is CSC1(CNC(=O)NC2(CC(=O)O)CCC2)CCCCC1. The second-order valence-corrected chi connectivity index (χ2v) is 7.73. The second kappa shape index (κ2) is 6.90. The summed E-state index contributed by atoms with van der Waals surface area (Å²) in [5.74, 6) is -0.845. The molecule has 120 valence electrons. The summed E-state index contributed by atoms with van der Waals surface area (Å²) < 4.78 is 0.162. The number of aliphatic carboxylic acids is 1. The number of hydrogen-bond acceptors (Lipinski definition) is 3. The first-order valence-electron chi connectivity index (χ1n) is 7.82. The fraction of sp³-hybridized carbons (Fsp3) is 0.867. The fourth-order valence-corrected chi connectivity index (χ4v) is 4.33. The van der Waals surface area contributed by atoms with Crippen LogP contribution in [0.15, 0.2) is 0 Å². The van der Waals surface area contributed by atoms with Crippen LogP contribution in [0.2, 0.25) is 0 Å². The van der Waals surface area contributed by atoms with Crippen LogP contribution >= 0.6 is 11.8 Å². The van der Waals surface area contributed by atoms with Crippen molar-refractivity contribution in [3.63, 3.8) is 0 Å². The Kier molecular flexibility index (Phi) is 5.41. The van der Waals surface area contributed by atoms with Gasteiger partial charge in [-0.05, 0) is 38.4 Å². The minimum absolute atomic E-state index is 0.0219. The van der Waals surface area contributed by atoms with Gasteiger partial charge in [0.05, 0.1) is 12.0 Å². The molecule has 0 spiro atoms. The summed E-state index contributed by atoms with van der Waals surface area (Å²) in [6.07, 6.45) is 10.7.